The maximum absolute atomic E-state index is 5.32. The highest BCUT2D eigenvalue weighted by atomic mass is 32.2. The second kappa shape index (κ2) is 9.53. The highest BCUT2D eigenvalue weighted by molar-refractivity contribution is 7.98. The Kier molecular flexibility index (Phi) is 6.84. The first-order valence-electron chi connectivity index (χ1n) is 8.94. The van der Waals surface area contributed by atoms with Crippen LogP contribution in [-0.2, 0) is 5.75 Å². The zero-order valence-corrected chi connectivity index (χ0v) is 17.1. The van der Waals surface area contributed by atoms with Gasteiger partial charge in [-0.2, -0.15) is 9.78 Å². The molecular formula is C20H23N5S2. The summed E-state index contributed by atoms with van der Waals surface area (Å²) in [4.78, 5) is 2.31. The molecule has 5 nitrogen and oxygen atoms in total. The van der Waals surface area contributed by atoms with Crippen LogP contribution in [0.2, 0.25) is 0 Å². The standard InChI is InChI=1S/C20H23N5S2/c1-3-24(4-2)18-12-10-16(11-13-18)14-21-25-19(26)22-23-20(25)27-15-17-8-6-5-7-9-17/h5-14H,3-4,15H2,1-2H3,(H,22,26)/b21-14-. The Bertz CT molecular complexity index is 925. The van der Waals surface area contributed by atoms with Crippen molar-refractivity contribution in [3.63, 3.8) is 0 Å². The van der Waals surface area contributed by atoms with Gasteiger partial charge in [-0.1, -0.05) is 54.2 Å². The average Bonchev–Trinajstić information content (AvgIpc) is 3.07. The lowest BCUT2D eigenvalue weighted by Gasteiger charge is -2.20. The molecule has 3 rings (SSSR count). The predicted octanol–water partition coefficient (Wildman–Crippen LogP) is 4.96. The van der Waals surface area contributed by atoms with E-state index in [0.717, 1.165) is 29.6 Å². The summed E-state index contributed by atoms with van der Waals surface area (Å²) in [5.41, 5.74) is 3.48. The van der Waals surface area contributed by atoms with E-state index in [0.29, 0.717) is 4.77 Å². The Morgan fingerprint density at radius 1 is 1.11 bits per heavy atom. The van der Waals surface area contributed by atoms with Gasteiger partial charge in [0.2, 0.25) is 9.93 Å². The SMILES string of the molecule is CCN(CC)c1ccc(/C=N\n2c(SCc3ccccc3)n[nH]c2=S)cc1. The molecule has 0 spiro atoms. The number of thioether (sulfide) groups is 1. The van der Waals surface area contributed by atoms with Gasteiger partial charge in [-0.3, -0.25) is 0 Å². The first-order chi connectivity index (χ1) is 13.2. The highest BCUT2D eigenvalue weighted by Gasteiger charge is 2.06. The summed E-state index contributed by atoms with van der Waals surface area (Å²) in [6.07, 6.45) is 1.81. The van der Waals surface area contributed by atoms with Gasteiger partial charge in [0, 0.05) is 24.5 Å². The summed E-state index contributed by atoms with van der Waals surface area (Å²) < 4.78 is 2.16. The van der Waals surface area contributed by atoms with Crippen LogP contribution in [-0.4, -0.2) is 34.2 Å². The molecule has 27 heavy (non-hydrogen) atoms. The van der Waals surface area contributed by atoms with Crippen molar-refractivity contribution in [3.05, 3.63) is 70.5 Å². The third kappa shape index (κ3) is 5.08. The summed E-state index contributed by atoms with van der Waals surface area (Å²) in [5.74, 6) is 0.814. The van der Waals surface area contributed by atoms with E-state index in [1.54, 1.807) is 16.4 Å². The molecule has 0 radical (unpaired) electrons. The lowest BCUT2D eigenvalue weighted by atomic mass is 10.2. The lowest BCUT2D eigenvalue weighted by Crippen LogP contribution is -2.21. The quantitative estimate of drug-likeness (QED) is 0.331. The van der Waals surface area contributed by atoms with E-state index >= 15 is 0 Å². The van der Waals surface area contributed by atoms with Crippen LogP contribution >= 0.6 is 24.0 Å². The van der Waals surface area contributed by atoms with E-state index in [4.69, 9.17) is 12.2 Å². The van der Waals surface area contributed by atoms with Crippen molar-refractivity contribution in [1.82, 2.24) is 14.9 Å². The van der Waals surface area contributed by atoms with Gasteiger partial charge >= 0.3 is 0 Å². The molecule has 1 heterocycles. The summed E-state index contributed by atoms with van der Waals surface area (Å²) in [6, 6.07) is 18.6. The van der Waals surface area contributed by atoms with Crippen molar-refractivity contribution in [2.24, 2.45) is 5.10 Å². The zero-order chi connectivity index (χ0) is 19.1. The molecule has 0 saturated carbocycles. The smallest absolute Gasteiger partial charge is 0.217 e. The number of nitrogens with one attached hydrogen (secondary N) is 1. The van der Waals surface area contributed by atoms with Crippen molar-refractivity contribution in [1.29, 1.82) is 0 Å². The zero-order valence-electron chi connectivity index (χ0n) is 15.5. The van der Waals surface area contributed by atoms with Crippen LogP contribution in [0.15, 0.2) is 64.9 Å². The molecule has 0 aliphatic carbocycles. The van der Waals surface area contributed by atoms with Crippen molar-refractivity contribution < 1.29 is 0 Å². The Balaban J connectivity index is 1.71. The number of nitrogens with zero attached hydrogens (tertiary/aromatic N) is 4. The van der Waals surface area contributed by atoms with E-state index in [1.165, 1.54) is 11.3 Å². The molecular weight excluding hydrogens is 374 g/mol. The first kappa shape index (κ1) is 19.4. The topological polar surface area (TPSA) is 49.2 Å². The van der Waals surface area contributed by atoms with Gasteiger partial charge in [-0.25, -0.2) is 5.10 Å². The Morgan fingerprint density at radius 3 is 2.48 bits per heavy atom. The first-order valence-corrected chi connectivity index (χ1v) is 10.3. The number of benzene rings is 2. The van der Waals surface area contributed by atoms with Gasteiger partial charge in [0.05, 0.1) is 6.21 Å². The van der Waals surface area contributed by atoms with Gasteiger partial charge in [-0.15, -0.1) is 5.10 Å². The van der Waals surface area contributed by atoms with Crippen LogP contribution < -0.4 is 4.90 Å². The van der Waals surface area contributed by atoms with Crippen LogP contribution in [0.1, 0.15) is 25.0 Å². The van der Waals surface area contributed by atoms with Gasteiger partial charge < -0.3 is 4.90 Å². The van der Waals surface area contributed by atoms with Crippen LogP contribution in [0.5, 0.6) is 0 Å². The van der Waals surface area contributed by atoms with E-state index in [2.05, 4.69) is 70.4 Å². The van der Waals surface area contributed by atoms with E-state index in [9.17, 15) is 0 Å². The van der Waals surface area contributed by atoms with Crippen molar-refractivity contribution in [2.75, 3.05) is 18.0 Å². The molecule has 0 aliphatic rings. The number of H-pyrrole nitrogens is 1. The van der Waals surface area contributed by atoms with Gasteiger partial charge in [0.15, 0.2) is 0 Å². The lowest BCUT2D eigenvalue weighted by molar-refractivity contribution is 0.759. The van der Waals surface area contributed by atoms with Crippen molar-refractivity contribution in [3.8, 4) is 0 Å². The number of anilines is 1. The molecule has 1 aromatic heterocycles. The second-order valence-corrected chi connectivity index (χ2v) is 7.23. The van der Waals surface area contributed by atoms with Crippen LogP contribution in [0, 0.1) is 4.77 Å². The van der Waals surface area contributed by atoms with E-state index < -0.39 is 0 Å². The Labute approximate surface area is 169 Å². The van der Waals surface area contributed by atoms with E-state index in [1.807, 2.05) is 24.4 Å². The van der Waals surface area contributed by atoms with Crippen LogP contribution in [0.4, 0.5) is 5.69 Å². The summed E-state index contributed by atoms with van der Waals surface area (Å²) >= 11 is 6.92. The normalized spacial score (nSPS) is 11.2. The molecule has 0 saturated heterocycles. The maximum atomic E-state index is 5.32. The molecule has 0 bridgehead atoms. The van der Waals surface area contributed by atoms with Crippen LogP contribution in [0.3, 0.4) is 0 Å². The van der Waals surface area contributed by atoms with Gasteiger partial charge in [-0.05, 0) is 49.3 Å². The molecule has 0 fully saturated rings. The highest BCUT2D eigenvalue weighted by Crippen LogP contribution is 2.21. The minimum atomic E-state index is 0.488. The van der Waals surface area contributed by atoms with Gasteiger partial charge in [0.1, 0.15) is 0 Å². The summed E-state index contributed by atoms with van der Waals surface area (Å²) in [6.45, 7) is 6.31. The average molecular weight is 398 g/mol. The molecule has 0 aliphatic heterocycles. The van der Waals surface area contributed by atoms with Crippen molar-refractivity contribution >= 4 is 35.9 Å². The molecule has 3 aromatic rings. The molecule has 140 valence electrons. The minimum absolute atomic E-state index is 0.488. The minimum Gasteiger partial charge on any atom is -0.372 e. The number of rotatable bonds is 8. The number of hydrogen-bond donors (Lipinski definition) is 1. The molecule has 0 unspecified atom stereocenters. The number of aromatic nitrogens is 3. The fraction of sp³-hybridized carbons (Fsp3) is 0.250. The third-order valence-corrected chi connectivity index (χ3v) is 5.44. The van der Waals surface area contributed by atoms with E-state index in [-0.39, 0.29) is 0 Å². The Hall–Kier alpha value is -2.38. The van der Waals surface area contributed by atoms with Crippen LogP contribution in [0.25, 0.3) is 0 Å². The molecule has 7 heteroatoms. The number of aromatic amines is 1. The maximum Gasteiger partial charge on any atom is 0.217 e. The summed E-state index contributed by atoms with van der Waals surface area (Å²) in [7, 11) is 0. The molecule has 2 aromatic carbocycles. The fourth-order valence-corrected chi connectivity index (χ4v) is 3.78. The molecule has 0 atom stereocenters. The monoisotopic (exact) mass is 397 g/mol. The Morgan fingerprint density at radius 2 is 1.81 bits per heavy atom. The fourth-order valence-electron chi connectivity index (χ4n) is 2.68. The van der Waals surface area contributed by atoms with Gasteiger partial charge in [0.25, 0.3) is 0 Å². The molecule has 0 amide bonds. The third-order valence-electron chi connectivity index (χ3n) is 4.18. The number of hydrogen-bond acceptors (Lipinski definition) is 5. The predicted molar refractivity (Wildman–Crippen MR) is 116 cm³/mol. The summed E-state index contributed by atoms with van der Waals surface area (Å²) in [5, 5.41) is 12.4. The second-order valence-electron chi connectivity index (χ2n) is 5.91. The largest absolute Gasteiger partial charge is 0.372 e. The van der Waals surface area contributed by atoms with Crippen molar-refractivity contribution in [2.45, 2.75) is 24.8 Å². The molecule has 1 N–H and O–H groups in total.